The number of nitrogens with two attached hydrogens (primary N) is 1. The zero-order valence-electron chi connectivity index (χ0n) is 9.68. The molecule has 0 rings (SSSR count). The molecular formula is C10H17N3O4. The molecule has 0 aromatic carbocycles. The van der Waals surface area contributed by atoms with Gasteiger partial charge in [0.1, 0.15) is 6.54 Å². The molecule has 0 radical (unpaired) electrons. The van der Waals surface area contributed by atoms with Crippen LogP contribution in [0.3, 0.4) is 0 Å². The molecule has 0 saturated carbocycles. The maximum Gasteiger partial charge on any atom is 0.323 e. The van der Waals surface area contributed by atoms with E-state index in [1.807, 2.05) is 0 Å². The van der Waals surface area contributed by atoms with E-state index in [0.29, 0.717) is 0 Å². The fourth-order valence-corrected chi connectivity index (χ4v) is 1.19. The van der Waals surface area contributed by atoms with Crippen LogP contribution in [-0.4, -0.2) is 47.0 Å². The van der Waals surface area contributed by atoms with Crippen LogP contribution >= 0.6 is 0 Å². The minimum atomic E-state index is -1.12. The van der Waals surface area contributed by atoms with Gasteiger partial charge in [0.2, 0.25) is 5.91 Å². The van der Waals surface area contributed by atoms with Crippen molar-refractivity contribution < 1.29 is 19.5 Å². The quantitative estimate of drug-likeness (QED) is 0.525. The summed E-state index contributed by atoms with van der Waals surface area (Å²) in [6.07, 6.45) is 1.42. The van der Waals surface area contributed by atoms with Gasteiger partial charge in [-0.2, -0.15) is 0 Å². The smallest absolute Gasteiger partial charge is 0.323 e. The van der Waals surface area contributed by atoms with E-state index in [1.165, 1.54) is 6.08 Å². The minimum absolute atomic E-state index is 0.000735. The Hall–Kier alpha value is -2.05. The van der Waals surface area contributed by atoms with Gasteiger partial charge in [-0.1, -0.05) is 6.08 Å². The van der Waals surface area contributed by atoms with E-state index in [9.17, 15) is 14.4 Å². The first-order valence-electron chi connectivity index (χ1n) is 5.03. The van der Waals surface area contributed by atoms with E-state index in [4.69, 9.17) is 10.8 Å². The van der Waals surface area contributed by atoms with E-state index < -0.39 is 30.5 Å². The van der Waals surface area contributed by atoms with Crippen molar-refractivity contribution in [2.24, 2.45) is 5.73 Å². The highest BCUT2D eigenvalue weighted by atomic mass is 16.4. The summed E-state index contributed by atoms with van der Waals surface area (Å²) in [5.74, 6) is -1.66. The molecule has 0 aliphatic heterocycles. The average Bonchev–Trinajstić information content (AvgIpc) is 2.14. The second-order valence-electron chi connectivity index (χ2n) is 3.58. The number of hydrogen-bond acceptors (Lipinski definition) is 3. The number of hydrogen-bond donors (Lipinski definition) is 3. The number of carbonyl (C=O) groups excluding carboxylic acids is 2. The molecule has 96 valence electrons. The van der Waals surface area contributed by atoms with Crippen LogP contribution in [0.5, 0.6) is 0 Å². The Labute approximate surface area is 99.3 Å². The molecule has 0 bridgehead atoms. The van der Waals surface area contributed by atoms with Crippen LogP contribution in [0, 0.1) is 0 Å². The number of urea groups is 1. The Morgan fingerprint density at radius 2 is 2.12 bits per heavy atom. The summed E-state index contributed by atoms with van der Waals surface area (Å²) in [7, 11) is 0. The van der Waals surface area contributed by atoms with Crippen LogP contribution < -0.4 is 11.1 Å². The van der Waals surface area contributed by atoms with Crippen molar-refractivity contribution in [2.75, 3.05) is 13.1 Å². The summed E-state index contributed by atoms with van der Waals surface area (Å²) in [5, 5.41) is 11.1. The van der Waals surface area contributed by atoms with Crippen molar-refractivity contribution in [3.63, 3.8) is 0 Å². The van der Waals surface area contributed by atoms with Crippen LogP contribution in [0.1, 0.15) is 13.3 Å². The molecule has 0 saturated heterocycles. The molecule has 7 nitrogen and oxygen atoms in total. The Morgan fingerprint density at radius 3 is 2.53 bits per heavy atom. The molecule has 0 aromatic rings. The first-order chi connectivity index (χ1) is 7.86. The van der Waals surface area contributed by atoms with Crippen LogP contribution in [0.2, 0.25) is 0 Å². The molecule has 4 N–H and O–H groups in total. The fraction of sp³-hybridized carbons (Fsp3) is 0.500. The van der Waals surface area contributed by atoms with Crippen LogP contribution in [-0.2, 0) is 9.59 Å². The maximum absolute atomic E-state index is 11.6. The maximum atomic E-state index is 11.6. The average molecular weight is 243 g/mol. The lowest BCUT2D eigenvalue weighted by atomic mass is 10.2. The fourth-order valence-electron chi connectivity index (χ4n) is 1.19. The van der Waals surface area contributed by atoms with E-state index in [0.717, 1.165) is 4.90 Å². The number of nitrogens with one attached hydrogen (secondary N) is 1. The van der Waals surface area contributed by atoms with E-state index in [-0.39, 0.29) is 13.0 Å². The molecule has 0 heterocycles. The lowest BCUT2D eigenvalue weighted by Crippen LogP contribution is -2.46. The van der Waals surface area contributed by atoms with Gasteiger partial charge in [0.05, 0.1) is 0 Å². The molecule has 0 spiro atoms. The lowest BCUT2D eigenvalue weighted by Gasteiger charge is -2.22. The minimum Gasteiger partial charge on any atom is -0.480 e. The molecule has 0 aromatic heterocycles. The van der Waals surface area contributed by atoms with Gasteiger partial charge in [-0.15, -0.1) is 6.58 Å². The van der Waals surface area contributed by atoms with Crippen LogP contribution in [0.15, 0.2) is 12.7 Å². The van der Waals surface area contributed by atoms with Crippen molar-refractivity contribution >= 4 is 17.9 Å². The number of carboxylic acid groups (broad SMARTS) is 1. The molecule has 0 aliphatic rings. The molecule has 1 unspecified atom stereocenters. The van der Waals surface area contributed by atoms with Crippen LogP contribution in [0.25, 0.3) is 0 Å². The second-order valence-corrected chi connectivity index (χ2v) is 3.58. The number of primary amides is 1. The van der Waals surface area contributed by atoms with Crippen molar-refractivity contribution in [2.45, 2.75) is 19.4 Å². The molecule has 1 atom stereocenters. The van der Waals surface area contributed by atoms with Crippen molar-refractivity contribution in [3.8, 4) is 0 Å². The molecule has 0 aliphatic carbocycles. The predicted molar refractivity (Wildman–Crippen MR) is 61.2 cm³/mol. The second kappa shape index (κ2) is 7.26. The van der Waals surface area contributed by atoms with E-state index >= 15 is 0 Å². The standard InChI is InChI=1S/C10H17N3O4/c1-3-4-13(6-9(15)16)10(17)12-7(2)5-8(11)14/h3,7H,1,4-6H2,2H3,(H2,11,14)(H,12,17)(H,15,16). The van der Waals surface area contributed by atoms with Gasteiger partial charge >= 0.3 is 12.0 Å². The highest BCUT2D eigenvalue weighted by molar-refractivity contribution is 5.81. The predicted octanol–water partition coefficient (Wildman–Crippen LogP) is -0.467. The van der Waals surface area contributed by atoms with Crippen molar-refractivity contribution in [3.05, 3.63) is 12.7 Å². The highest BCUT2D eigenvalue weighted by Gasteiger charge is 2.17. The summed E-state index contributed by atoms with van der Waals surface area (Å²) in [6, 6.07) is -1.01. The summed E-state index contributed by atoms with van der Waals surface area (Å²) in [6.45, 7) is 4.72. The number of aliphatic carboxylic acids is 1. The molecule has 0 fully saturated rings. The summed E-state index contributed by atoms with van der Waals surface area (Å²) < 4.78 is 0. The number of carbonyl (C=O) groups is 3. The summed E-state index contributed by atoms with van der Waals surface area (Å²) in [4.78, 5) is 33.8. The van der Waals surface area contributed by atoms with Crippen molar-refractivity contribution in [1.82, 2.24) is 10.2 Å². The van der Waals surface area contributed by atoms with E-state index in [2.05, 4.69) is 11.9 Å². The number of carboxylic acids is 1. The SMILES string of the molecule is C=CCN(CC(=O)O)C(=O)NC(C)CC(N)=O. The topological polar surface area (TPSA) is 113 Å². The van der Waals surface area contributed by atoms with Gasteiger partial charge in [-0.05, 0) is 6.92 Å². The zero-order chi connectivity index (χ0) is 13.4. The number of amides is 3. The largest absolute Gasteiger partial charge is 0.480 e. The third kappa shape index (κ3) is 6.93. The van der Waals surface area contributed by atoms with Crippen molar-refractivity contribution in [1.29, 1.82) is 0 Å². The van der Waals surface area contributed by atoms with Gasteiger partial charge < -0.3 is 21.1 Å². The molecule has 7 heteroatoms. The van der Waals surface area contributed by atoms with Gasteiger partial charge in [-0.3, -0.25) is 9.59 Å². The third-order valence-corrected chi connectivity index (χ3v) is 1.84. The molecule has 17 heavy (non-hydrogen) atoms. The Bertz CT molecular complexity index is 317. The van der Waals surface area contributed by atoms with Gasteiger partial charge in [0, 0.05) is 19.0 Å². The first kappa shape index (κ1) is 14.9. The molecular weight excluding hydrogens is 226 g/mol. The van der Waals surface area contributed by atoms with E-state index in [1.54, 1.807) is 6.92 Å². The Balaban J connectivity index is 4.35. The normalized spacial score (nSPS) is 11.4. The Kier molecular flexibility index (Phi) is 6.39. The highest BCUT2D eigenvalue weighted by Crippen LogP contribution is 1.95. The third-order valence-electron chi connectivity index (χ3n) is 1.84. The van der Waals surface area contributed by atoms with Gasteiger partial charge in [-0.25, -0.2) is 4.79 Å². The molecule has 3 amide bonds. The van der Waals surface area contributed by atoms with Gasteiger partial charge in [0.25, 0.3) is 0 Å². The zero-order valence-corrected chi connectivity index (χ0v) is 9.68. The lowest BCUT2D eigenvalue weighted by molar-refractivity contribution is -0.137. The number of nitrogens with zero attached hydrogens (tertiary/aromatic N) is 1. The Morgan fingerprint density at radius 1 is 1.53 bits per heavy atom. The summed E-state index contributed by atoms with van der Waals surface area (Å²) >= 11 is 0. The summed E-state index contributed by atoms with van der Waals surface area (Å²) in [5.41, 5.74) is 4.97. The van der Waals surface area contributed by atoms with Gasteiger partial charge in [0.15, 0.2) is 0 Å². The first-order valence-corrected chi connectivity index (χ1v) is 5.03. The monoisotopic (exact) mass is 243 g/mol. The van der Waals surface area contributed by atoms with Crippen LogP contribution in [0.4, 0.5) is 4.79 Å². The number of rotatable bonds is 7.